The van der Waals surface area contributed by atoms with Crippen LogP contribution in [0.2, 0.25) is 30.1 Å². The number of aromatic amines is 1. The molecule has 3 N–H and O–H groups in total. The number of nitrogens with zero attached hydrogens (tertiary/aromatic N) is 5. The van der Waals surface area contributed by atoms with Crippen LogP contribution in [0.15, 0.2) is 153 Å². The number of fused-ring (bicyclic) bond motifs is 5. The molecule has 115 heavy (non-hydrogen) atoms. The minimum Gasteiger partial charge on any atom is -0.469 e. The largest absolute Gasteiger partial charge is 0.469 e. The number of terminal acetylenes is 1. The van der Waals surface area contributed by atoms with Crippen LogP contribution < -0.4 is 5.73 Å². The molecule has 0 atom stereocenters. The lowest BCUT2D eigenvalue weighted by Gasteiger charge is -1.98. The monoisotopic (exact) mass is 1710 g/mol. The number of ether oxygens (including phenoxy) is 4. The highest BCUT2D eigenvalue weighted by molar-refractivity contribution is 6.62. The van der Waals surface area contributed by atoms with Crippen LogP contribution in [0, 0.1) is 66.2 Å². The van der Waals surface area contributed by atoms with Crippen molar-refractivity contribution < 1.29 is 62.1 Å². The van der Waals surface area contributed by atoms with Crippen molar-refractivity contribution in [2.75, 3.05) is 61.0 Å². The molecule has 0 aliphatic heterocycles. The van der Waals surface area contributed by atoms with Gasteiger partial charge in [-0.1, -0.05) is 101 Å². The first-order chi connectivity index (χ1) is 54.4. The van der Waals surface area contributed by atoms with Crippen LogP contribution in [0.1, 0.15) is 102 Å². The summed E-state index contributed by atoms with van der Waals surface area (Å²) in [6.07, 6.45) is 19.7. The highest BCUT2D eigenvalue weighted by atomic mass is 35.5. The molecule has 0 aliphatic rings. The summed E-state index contributed by atoms with van der Waals surface area (Å²) in [5.41, 5.74) is 21.9. The van der Waals surface area contributed by atoms with Gasteiger partial charge in [0.2, 0.25) is 5.24 Å². The normalized spacial score (nSPS) is 9.82. The zero-order valence-corrected chi connectivity index (χ0v) is 74.3. The predicted octanol–water partition coefficient (Wildman–Crippen LogP) is 21.9. The van der Waals surface area contributed by atoms with Crippen molar-refractivity contribution in [2.45, 2.75) is 82.6 Å². The number of benzene rings is 6. The average molecular weight is 1710 g/mol. The molecule has 6 aromatic carbocycles. The molecule has 19 nitrogen and oxygen atoms in total. The molecule has 11 rings (SSSR count). The summed E-state index contributed by atoms with van der Waals surface area (Å²) in [5.74, 6) is 3.90. The number of carbonyl (C=O) groups excluding carboxylic acids is 6. The zero-order valence-electron chi connectivity index (χ0n) is 69.0. The number of H-pyrrole nitrogens is 1. The Morgan fingerprint density at radius 1 is 0.574 bits per heavy atom. The molecule has 26 heteroatoms. The molecule has 0 bridgehead atoms. The summed E-state index contributed by atoms with van der Waals surface area (Å²) in [6.45, 7) is 31.0. The predicted molar refractivity (Wildman–Crippen MR) is 482 cm³/mol. The van der Waals surface area contributed by atoms with Gasteiger partial charge in [-0.25, -0.2) is 28.7 Å². The molecule has 0 radical (unpaired) electrons. The Kier molecular flexibility index (Phi) is 51.1. The number of halogens is 7. The summed E-state index contributed by atoms with van der Waals surface area (Å²) >= 11 is 40.1. The molecule has 0 aliphatic carbocycles. The molecule has 0 saturated heterocycles. The first kappa shape index (κ1) is 105. The number of hydrogen-bond acceptors (Lipinski definition) is 13. The quantitative estimate of drug-likeness (QED) is 0.00983. The van der Waals surface area contributed by atoms with Crippen molar-refractivity contribution in [3.8, 4) is 24.7 Å². The van der Waals surface area contributed by atoms with Crippen LogP contribution >= 0.6 is 81.2 Å². The van der Waals surface area contributed by atoms with E-state index in [4.69, 9.17) is 85.0 Å². The Morgan fingerprint density at radius 3 is 1.35 bits per heavy atom. The van der Waals surface area contributed by atoms with Gasteiger partial charge in [0.1, 0.15) is 26.9 Å². The van der Waals surface area contributed by atoms with Crippen LogP contribution in [-0.4, -0.2) is 125 Å². The second-order valence-corrected chi connectivity index (χ2v) is 27.1. The SMILES string of the molecule is C#C.C=C.C=CC(=O)OCC.CC(=O)Cl.CC=[N+](C)C.CCC(=O)OC.CCOC(=O)/C=C/c1c(C)n(C)c2ccc(Cl)cc12.COC(=O)C#Cc1c(C)n(C)c2ccc(Cl)cc12.COOC/C=C\c1c(C)n(C)c2ccc(Cl)cc12.Cc1c(C=O)c2cc(Cl)ccc2n1C.Cc1cc(Cl)ccc1N.Cc1cc2cc(Cl)ccc2[nH]1. The van der Waals surface area contributed by atoms with Gasteiger partial charge in [-0.2, -0.15) is 0 Å². The van der Waals surface area contributed by atoms with E-state index in [9.17, 15) is 28.8 Å². The first-order valence-electron chi connectivity index (χ1n) is 35.2. The van der Waals surface area contributed by atoms with E-state index in [2.05, 4.69) is 109 Å². The highest BCUT2D eigenvalue weighted by Crippen LogP contribution is 2.32. The maximum absolute atomic E-state index is 11.4. The Balaban J connectivity index is 0.00000129. The van der Waals surface area contributed by atoms with Gasteiger partial charge in [0.05, 0.1) is 40.1 Å². The van der Waals surface area contributed by atoms with Gasteiger partial charge >= 0.3 is 23.9 Å². The third-order valence-electron chi connectivity index (χ3n) is 16.2. The second kappa shape index (κ2) is 56.1. The van der Waals surface area contributed by atoms with Crippen molar-refractivity contribution in [3.63, 3.8) is 0 Å². The number of rotatable bonds is 11. The van der Waals surface area contributed by atoms with E-state index < -0.39 is 5.97 Å². The van der Waals surface area contributed by atoms with Crippen molar-refractivity contribution in [1.29, 1.82) is 0 Å². The van der Waals surface area contributed by atoms with E-state index in [-0.39, 0.29) is 23.2 Å². The average Bonchev–Trinajstić information content (AvgIpc) is 1.66. The van der Waals surface area contributed by atoms with Crippen molar-refractivity contribution in [2.24, 2.45) is 28.2 Å². The fourth-order valence-corrected chi connectivity index (χ4v) is 11.1. The maximum Gasteiger partial charge on any atom is 0.384 e. The van der Waals surface area contributed by atoms with Crippen LogP contribution in [0.4, 0.5) is 5.69 Å². The number of methoxy groups -OCH3 is 2. The number of hydrogen-bond donors (Lipinski definition) is 2. The van der Waals surface area contributed by atoms with Crippen LogP contribution in [0.3, 0.4) is 0 Å². The summed E-state index contributed by atoms with van der Waals surface area (Å²) in [6, 6.07) is 36.2. The van der Waals surface area contributed by atoms with Crippen molar-refractivity contribution in [3.05, 3.63) is 240 Å². The molecule has 5 heterocycles. The molecule has 5 aromatic heterocycles. The van der Waals surface area contributed by atoms with E-state index in [0.717, 1.165) is 122 Å². The van der Waals surface area contributed by atoms with E-state index in [1.54, 1.807) is 39.0 Å². The van der Waals surface area contributed by atoms with Crippen molar-refractivity contribution in [1.82, 2.24) is 23.3 Å². The molecule has 0 amide bonds. The minimum atomic E-state index is -0.548. The third-order valence-corrected chi connectivity index (χ3v) is 17.6. The van der Waals surface area contributed by atoms with E-state index in [1.165, 1.54) is 56.6 Å². The van der Waals surface area contributed by atoms with E-state index in [1.807, 2.05) is 206 Å². The van der Waals surface area contributed by atoms with Gasteiger partial charge in [-0.05, 0) is 194 Å². The summed E-state index contributed by atoms with van der Waals surface area (Å²) in [7, 11) is 16.1. The fourth-order valence-electron chi connectivity index (χ4n) is 10.0. The molecule has 616 valence electrons. The van der Waals surface area contributed by atoms with Crippen LogP contribution in [0.25, 0.3) is 66.7 Å². The van der Waals surface area contributed by atoms with Gasteiger partial charge in [0.15, 0.2) is 6.29 Å². The van der Waals surface area contributed by atoms with Gasteiger partial charge in [-0.3, -0.25) is 14.4 Å². The number of esters is 4. The van der Waals surface area contributed by atoms with Gasteiger partial charge in [-0.15, -0.1) is 26.0 Å². The number of aryl methyl sites for hydroxylation is 6. The Hall–Kier alpha value is -10.3. The molecule has 0 saturated carbocycles. The Labute approximate surface area is 711 Å². The number of aromatic nitrogens is 5. The lowest BCUT2D eigenvalue weighted by atomic mass is 10.1. The number of aldehydes is 1. The number of nitrogens with one attached hydrogen (secondary N) is 1. The lowest BCUT2D eigenvalue weighted by Crippen LogP contribution is -1.98. The highest BCUT2D eigenvalue weighted by Gasteiger charge is 2.15. The first-order valence-corrected chi connectivity index (χ1v) is 37.9. The Morgan fingerprint density at radius 2 is 0.965 bits per heavy atom. The molecule has 0 spiro atoms. The fraction of sp³-hybridized carbons (Fsp3) is 0.270. The second-order valence-electron chi connectivity index (χ2n) is 23.9. The topological polar surface area (TPSA) is 222 Å². The minimum absolute atomic E-state index is 0.157. The van der Waals surface area contributed by atoms with E-state index >= 15 is 0 Å². The summed E-state index contributed by atoms with van der Waals surface area (Å²) < 4.78 is 28.3. The molecule has 0 fully saturated rings. The molecular weight excluding hydrogens is 1610 g/mol. The maximum atomic E-state index is 11.4. The zero-order chi connectivity index (χ0) is 87.9. The molecule has 11 aromatic rings. The van der Waals surface area contributed by atoms with Crippen molar-refractivity contribution >= 4 is 195 Å². The molecule has 0 unspecified atom stereocenters. The number of carbonyl (C=O) groups is 6. The van der Waals surface area contributed by atoms with Gasteiger partial charge in [0.25, 0.3) is 0 Å². The third kappa shape index (κ3) is 35.6. The number of nitrogens with two attached hydrogens (primary N) is 1. The Bertz CT molecular complexity index is 5200. The number of nitrogen functional groups attached to an aromatic ring is 1. The summed E-state index contributed by atoms with van der Waals surface area (Å²) in [4.78, 5) is 75.2. The lowest BCUT2D eigenvalue weighted by molar-refractivity contribution is -0.459. The van der Waals surface area contributed by atoms with Gasteiger partial charge in [0, 0.05) is 202 Å². The smallest absolute Gasteiger partial charge is 0.384 e. The van der Waals surface area contributed by atoms with Crippen LogP contribution in [-0.2, 0) is 80.9 Å². The number of anilines is 1. The standard InChI is InChI=1S/C15H16ClNO2.C14H12ClNO2.C14H16ClNO2.C11H10ClNO.C9H8ClN.C7H8ClN.C5H8O2.C4H10N.C4H8O2.C2H3ClO.C2H4.C2H2/c1-4-19-15(18)8-6-12-10(2)17(3)14-7-5-11(16)9-13(12)14;1-9-11(5-7-14(17)18-3)12-8-10(15)4-6-13(12)16(9)2;1-10-12(5-4-8-18-17-3)13-9-11(15)6-7-14(13)16(10)2;1-7-10(6-14)9-5-8(12)3-4-11(9)13(7)2;1-6-4-7-5-8(10)2-3-9(7)11-6;1-5-4-6(8)2-3-7(5)9;1-3-5(6)7-4-2;1-4-5(2)3;1-3-4(5)6-2;1-2(3)4;2*1-2/h5-9H,4H2,1-3H3;4,6,8H,1-3H3;4-7,9H,8H2,1-3H3;3-6H,1-2H3;2-5,11H,1H3;2-4H,9H2,1H3;3H,1,4H2,2H3;4H,1-3H3;3H2,1-2H3;1H3;1-2H2;1-2H/q;;;;;;;+1;;;;/b8-6+;;5-4-;;;;;;;;;. The molecular formula is C89H105Cl7N7O12+. The van der Waals surface area contributed by atoms with Crippen LogP contribution in [0.5, 0.6) is 0 Å². The van der Waals surface area contributed by atoms with E-state index in [0.29, 0.717) is 41.3 Å². The summed E-state index contributed by atoms with van der Waals surface area (Å²) in [5, 5.41) is 9.13. The van der Waals surface area contributed by atoms with Gasteiger partial charge < -0.3 is 47.9 Å².